The zero-order valence-electron chi connectivity index (χ0n) is 8.13. The molecule has 0 radical (unpaired) electrons. The fraction of sp³-hybridized carbons (Fsp3) is 0.667. The van der Waals surface area contributed by atoms with E-state index in [9.17, 15) is 0 Å². The van der Waals surface area contributed by atoms with Crippen molar-refractivity contribution in [3.8, 4) is 0 Å². The minimum Gasteiger partial charge on any atom is -0.103 e. The third kappa shape index (κ3) is 2.84. The fourth-order valence-electron chi connectivity index (χ4n) is 1.85. The maximum absolute atomic E-state index is 3.75. The summed E-state index contributed by atoms with van der Waals surface area (Å²) in [5, 5.41) is 0. The van der Waals surface area contributed by atoms with E-state index in [4.69, 9.17) is 0 Å². The highest BCUT2D eigenvalue weighted by molar-refractivity contribution is 4.97. The van der Waals surface area contributed by atoms with Crippen LogP contribution in [0.4, 0.5) is 0 Å². The van der Waals surface area contributed by atoms with E-state index in [1.165, 1.54) is 32.1 Å². The molecule has 0 aromatic heterocycles. The molecular formula is C12H20. The van der Waals surface area contributed by atoms with Gasteiger partial charge < -0.3 is 0 Å². The molecule has 0 fully saturated rings. The summed E-state index contributed by atoms with van der Waals surface area (Å²) in [5.74, 6) is 1.70. The standard InChI is InChI=1S/C12H20/c1-3-5-6-12-9-7-11(4-2)8-10-12/h3,7,9,11-12H,1,4-6,8,10H2,2H3. The van der Waals surface area contributed by atoms with Gasteiger partial charge in [-0.25, -0.2) is 0 Å². The topological polar surface area (TPSA) is 0 Å². The maximum Gasteiger partial charge on any atom is -0.0230 e. The molecule has 0 nitrogen and oxygen atoms in total. The summed E-state index contributed by atoms with van der Waals surface area (Å²) in [6.07, 6.45) is 13.4. The van der Waals surface area contributed by atoms with Crippen molar-refractivity contribution in [2.75, 3.05) is 0 Å². The Labute approximate surface area is 76.4 Å². The zero-order valence-corrected chi connectivity index (χ0v) is 8.13. The normalized spacial score (nSPS) is 28.8. The molecule has 2 atom stereocenters. The second kappa shape index (κ2) is 5.18. The molecule has 0 saturated carbocycles. The monoisotopic (exact) mass is 164 g/mol. The molecule has 0 spiro atoms. The van der Waals surface area contributed by atoms with E-state index in [1.54, 1.807) is 0 Å². The van der Waals surface area contributed by atoms with Gasteiger partial charge in [-0.05, 0) is 43.9 Å². The van der Waals surface area contributed by atoms with E-state index in [1.807, 2.05) is 6.08 Å². The molecule has 2 unspecified atom stereocenters. The lowest BCUT2D eigenvalue weighted by Gasteiger charge is -2.21. The van der Waals surface area contributed by atoms with Crippen LogP contribution in [-0.2, 0) is 0 Å². The van der Waals surface area contributed by atoms with Gasteiger partial charge in [-0.3, -0.25) is 0 Å². The Hall–Kier alpha value is -0.520. The smallest absolute Gasteiger partial charge is 0.0230 e. The van der Waals surface area contributed by atoms with Gasteiger partial charge in [-0.2, -0.15) is 0 Å². The Balaban J connectivity index is 2.27. The van der Waals surface area contributed by atoms with Crippen molar-refractivity contribution in [2.45, 2.75) is 39.0 Å². The van der Waals surface area contributed by atoms with Gasteiger partial charge in [0.1, 0.15) is 0 Å². The van der Waals surface area contributed by atoms with Crippen molar-refractivity contribution in [2.24, 2.45) is 11.8 Å². The van der Waals surface area contributed by atoms with Crippen LogP contribution in [0.3, 0.4) is 0 Å². The molecule has 12 heavy (non-hydrogen) atoms. The molecule has 0 heterocycles. The van der Waals surface area contributed by atoms with Crippen molar-refractivity contribution in [1.29, 1.82) is 0 Å². The first-order valence-corrected chi connectivity index (χ1v) is 5.16. The molecule has 0 N–H and O–H groups in total. The van der Waals surface area contributed by atoms with Crippen molar-refractivity contribution in [3.63, 3.8) is 0 Å². The first-order chi connectivity index (χ1) is 5.86. The molecule has 0 aromatic rings. The lowest BCUT2D eigenvalue weighted by Crippen LogP contribution is -2.07. The maximum atomic E-state index is 3.75. The van der Waals surface area contributed by atoms with Gasteiger partial charge in [-0.15, -0.1) is 6.58 Å². The van der Waals surface area contributed by atoms with Gasteiger partial charge in [0, 0.05) is 0 Å². The fourth-order valence-corrected chi connectivity index (χ4v) is 1.85. The largest absolute Gasteiger partial charge is 0.103 e. The second-order valence-electron chi connectivity index (χ2n) is 3.76. The van der Waals surface area contributed by atoms with Crippen LogP contribution in [0.25, 0.3) is 0 Å². The summed E-state index contributed by atoms with van der Waals surface area (Å²) < 4.78 is 0. The first-order valence-electron chi connectivity index (χ1n) is 5.16. The summed E-state index contributed by atoms with van der Waals surface area (Å²) in [5.41, 5.74) is 0. The first kappa shape index (κ1) is 9.57. The summed E-state index contributed by atoms with van der Waals surface area (Å²) in [6.45, 7) is 6.03. The molecule has 1 aliphatic carbocycles. The van der Waals surface area contributed by atoms with Crippen LogP contribution in [0.5, 0.6) is 0 Å². The molecular weight excluding hydrogens is 144 g/mol. The third-order valence-corrected chi connectivity index (χ3v) is 2.83. The van der Waals surface area contributed by atoms with E-state index < -0.39 is 0 Å². The average molecular weight is 164 g/mol. The van der Waals surface area contributed by atoms with Crippen LogP contribution in [0.1, 0.15) is 39.0 Å². The van der Waals surface area contributed by atoms with Crippen molar-refractivity contribution in [3.05, 3.63) is 24.8 Å². The molecule has 0 heteroatoms. The van der Waals surface area contributed by atoms with E-state index in [-0.39, 0.29) is 0 Å². The zero-order chi connectivity index (χ0) is 8.81. The van der Waals surface area contributed by atoms with Crippen molar-refractivity contribution >= 4 is 0 Å². The average Bonchev–Trinajstić information content (AvgIpc) is 2.15. The molecule has 0 bridgehead atoms. The van der Waals surface area contributed by atoms with E-state index in [2.05, 4.69) is 25.7 Å². The summed E-state index contributed by atoms with van der Waals surface area (Å²) in [4.78, 5) is 0. The van der Waals surface area contributed by atoms with Crippen molar-refractivity contribution in [1.82, 2.24) is 0 Å². The van der Waals surface area contributed by atoms with Crippen LogP contribution in [-0.4, -0.2) is 0 Å². The van der Waals surface area contributed by atoms with Crippen molar-refractivity contribution < 1.29 is 0 Å². The Kier molecular flexibility index (Phi) is 4.13. The summed E-state index contributed by atoms with van der Waals surface area (Å²) in [6, 6.07) is 0. The SMILES string of the molecule is C=CCCC1C=CC(CC)CC1. The number of hydrogen-bond acceptors (Lipinski definition) is 0. The molecule has 0 aliphatic heterocycles. The molecule has 0 aromatic carbocycles. The molecule has 1 rings (SSSR count). The van der Waals surface area contributed by atoms with Crippen LogP contribution in [0.2, 0.25) is 0 Å². The lowest BCUT2D eigenvalue weighted by molar-refractivity contribution is 0.431. The Morgan fingerprint density at radius 2 is 2.00 bits per heavy atom. The van der Waals surface area contributed by atoms with Crippen LogP contribution < -0.4 is 0 Å². The van der Waals surface area contributed by atoms with Gasteiger partial charge in [0.25, 0.3) is 0 Å². The van der Waals surface area contributed by atoms with Crippen LogP contribution in [0.15, 0.2) is 24.8 Å². The molecule has 1 aliphatic rings. The lowest BCUT2D eigenvalue weighted by atomic mass is 9.85. The van der Waals surface area contributed by atoms with Gasteiger partial charge in [0.15, 0.2) is 0 Å². The number of rotatable bonds is 4. The van der Waals surface area contributed by atoms with Gasteiger partial charge in [0.2, 0.25) is 0 Å². The quantitative estimate of drug-likeness (QED) is 0.552. The van der Waals surface area contributed by atoms with E-state index in [0.717, 1.165) is 11.8 Å². The third-order valence-electron chi connectivity index (χ3n) is 2.83. The highest BCUT2D eigenvalue weighted by Crippen LogP contribution is 2.26. The highest BCUT2D eigenvalue weighted by atomic mass is 14.2. The Morgan fingerprint density at radius 1 is 1.33 bits per heavy atom. The van der Waals surface area contributed by atoms with E-state index >= 15 is 0 Å². The number of hydrogen-bond donors (Lipinski definition) is 0. The predicted octanol–water partition coefficient (Wildman–Crippen LogP) is 3.95. The Morgan fingerprint density at radius 3 is 2.50 bits per heavy atom. The predicted molar refractivity (Wildman–Crippen MR) is 55.1 cm³/mol. The summed E-state index contributed by atoms with van der Waals surface area (Å²) in [7, 11) is 0. The molecule has 0 amide bonds. The second-order valence-corrected chi connectivity index (χ2v) is 3.76. The summed E-state index contributed by atoms with van der Waals surface area (Å²) >= 11 is 0. The van der Waals surface area contributed by atoms with Gasteiger partial charge >= 0.3 is 0 Å². The minimum absolute atomic E-state index is 0.839. The van der Waals surface area contributed by atoms with Gasteiger partial charge in [-0.1, -0.05) is 25.2 Å². The molecule has 0 saturated heterocycles. The van der Waals surface area contributed by atoms with Crippen LogP contribution >= 0.6 is 0 Å². The number of allylic oxidation sites excluding steroid dienone is 3. The Bertz CT molecular complexity index is 155. The molecule has 68 valence electrons. The van der Waals surface area contributed by atoms with E-state index in [0.29, 0.717) is 0 Å². The minimum atomic E-state index is 0.839. The van der Waals surface area contributed by atoms with Gasteiger partial charge in [0.05, 0.1) is 0 Å². The highest BCUT2D eigenvalue weighted by Gasteiger charge is 2.12. The van der Waals surface area contributed by atoms with Crippen LogP contribution in [0, 0.1) is 11.8 Å².